The Balaban J connectivity index is 0.955. The van der Waals surface area contributed by atoms with Crippen LogP contribution in [0, 0.1) is 47.3 Å². The van der Waals surface area contributed by atoms with Crippen molar-refractivity contribution in [1.82, 2.24) is 4.90 Å². The van der Waals surface area contributed by atoms with E-state index in [0.29, 0.717) is 23.4 Å². The second kappa shape index (κ2) is 14.1. The maximum Gasteiger partial charge on any atom is 0.0269 e. The normalized spacial score (nSPS) is 71.6. The van der Waals surface area contributed by atoms with Gasteiger partial charge < -0.3 is 0 Å². The van der Waals surface area contributed by atoms with E-state index in [1.54, 1.807) is 0 Å². The zero-order valence-corrected chi connectivity index (χ0v) is 29.4. The number of rotatable bonds is 5. The monoisotopic (exact) mass is 662 g/mol. The molecule has 0 aromatic carbocycles. The SMILES string of the molecule is [2H]C1C([2H])C([2H])C(C2CCC(N(C3CCC(C4C([2H])C([2H])C([2H])C([2H])C4[2H])CC3)C3CCCC4C5CCC6SC7CCCCC7C6C5SC43)CC2)C([2H])C1[2H]. The fourth-order valence-electron chi connectivity index (χ4n) is 12.9. The van der Waals surface area contributed by atoms with Crippen LogP contribution in [0.2, 0.25) is 0 Å². The molecule has 9 fully saturated rings. The number of nitrogens with zero attached hydrogens (tertiary/aromatic N) is 1. The molecule has 17 unspecified atom stereocenters. The molecule has 9 aliphatic rings. The molecule has 45 heavy (non-hydrogen) atoms. The summed E-state index contributed by atoms with van der Waals surface area (Å²) in [6.45, 7) is 0. The predicted octanol–water partition coefficient (Wildman–Crippen LogP) is 11.9. The van der Waals surface area contributed by atoms with Crippen molar-refractivity contribution in [1.29, 1.82) is 0 Å². The molecule has 0 amide bonds. The molecule has 9 rings (SSSR count). The summed E-state index contributed by atoms with van der Waals surface area (Å²) in [5.41, 5.74) is 0. The minimum Gasteiger partial charge on any atom is -0.293 e. The first-order valence-corrected chi connectivity index (χ1v) is 21.7. The molecular weight excluding hydrogens is 583 g/mol. The first-order valence-electron chi connectivity index (χ1n) is 25.5. The molecule has 2 heterocycles. The van der Waals surface area contributed by atoms with Crippen molar-refractivity contribution in [3.05, 3.63) is 0 Å². The Hall–Kier alpha value is 0.660. The Morgan fingerprint density at radius 1 is 0.422 bits per heavy atom. The van der Waals surface area contributed by atoms with Crippen molar-refractivity contribution < 1.29 is 13.7 Å². The summed E-state index contributed by atoms with van der Waals surface area (Å²) in [5.74, 6) is 3.29. The van der Waals surface area contributed by atoms with Gasteiger partial charge >= 0.3 is 0 Å². The van der Waals surface area contributed by atoms with Gasteiger partial charge in [-0.2, -0.15) is 23.5 Å². The highest BCUT2D eigenvalue weighted by Gasteiger charge is 2.60. The Bertz CT molecular complexity index is 1230. The summed E-state index contributed by atoms with van der Waals surface area (Å²) < 4.78 is 86.6. The van der Waals surface area contributed by atoms with Gasteiger partial charge in [-0.05, 0) is 137 Å². The molecule has 2 saturated heterocycles. The van der Waals surface area contributed by atoms with Gasteiger partial charge in [0.1, 0.15) is 0 Å². The molecule has 0 bridgehead atoms. The topological polar surface area (TPSA) is 3.24 Å². The van der Waals surface area contributed by atoms with Crippen molar-refractivity contribution in [3.63, 3.8) is 0 Å². The zero-order chi connectivity index (χ0) is 38.4. The van der Waals surface area contributed by atoms with E-state index in [-0.39, 0.29) is 23.7 Å². The number of fused-ring (bicyclic) bond motifs is 7. The van der Waals surface area contributed by atoms with Crippen molar-refractivity contribution in [3.8, 4) is 0 Å². The molecular formula is C42H69NS2. The highest BCUT2D eigenvalue weighted by Crippen LogP contribution is 2.65. The van der Waals surface area contributed by atoms with Crippen LogP contribution in [0.15, 0.2) is 0 Å². The summed E-state index contributed by atoms with van der Waals surface area (Å²) in [6.07, 6.45) is 12.0. The average Bonchev–Trinajstić information content (AvgIpc) is 3.78. The van der Waals surface area contributed by atoms with Crippen LogP contribution >= 0.6 is 23.5 Å². The van der Waals surface area contributed by atoms with Gasteiger partial charge in [-0.25, -0.2) is 0 Å². The third kappa shape index (κ3) is 6.18. The second-order valence-electron chi connectivity index (χ2n) is 16.9. The van der Waals surface area contributed by atoms with Crippen LogP contribution in [0.4, 0.5) is 0 Å². The molecule has 254 valence electrons. The Kier molecular flexibility index (Phi) is 7.05. The molecule has 0 spiro atoms. The highest BCUT2D eigenvalue weighted by molar-refractivity contribution is 8.02. The zero-order valence-electron chi connectivity index (χ0n) is 37.7. The Morgan fingerprint density at radius 3 is 1.64 bits per heavy atom. The average molecular weight is 662 g/mol. The van der Waals surface area contributed by atoms with Crippen LogP contribution in [-0.4, -0.2) is 44.0 Å². The maximum atomic E-state index is 8.93. The molecule has 0 aromatic rings. The van der Waals surface area contributed by atoms with E-state index in [2.05, 4.69) is 28.4 Å². The van der Waals surface area contributed by atoms with Crippen molar-refractivity contribution >= 4 is 23.5 Å². The minimum atomic E-state index is -0.964. The molecule has 0 N–H and O–H groups in total. The van der Waals surface area contributed by atoms with Gasteiger partial charge in [0.05, 0.1) is 0 Å². The molecule has 7 aliphatic carbocycles. The molecule has 0 aromatic heterocycles. The molecule has 2 aliphatic heterocycles. The second-order valence-corrected chi connectivity index (χ2v) is 19.7. The van der Waals surface area contributed by atoms with Gasteiger partial charge in [-0.15, -0.1) is 0 Å². The van der Waals surface area contributed by atoms with Crippen LogP contribution in [-0.2, 0) is 0 Å². The van der Waals surface area contributed by atoms with E-state index in [1.807, 2.05) is 0 Å². The van der Waals surface area contributed by atoms with E-state index >= 15 is 0 Å². The first kappa shape index (κ1) is 22.5. The molecule has 1 nitrogen and oxygen atoms in total. The van der Waals surface area contributed by atoms with E-state index in [9.17, 15) is 0 Å². The van der Waals surface area contributed by atoms with Crippen LogP contribution in [0.25, 0.3) is 0 Å². The van der Waals surface area contributed by atoms with Crippen LogP contribution in [0.3, 0.4) is 0 Å². The highest BCUT2D eigenvalue weighted by atomic mass is 32.2. The van der Waals surface area contributed by atoms with Gasteiger partial charge in [0.15, 0.2) is 0 Å². The lowest BCUT2D eigenvalue weighted by Crippen LogP contribution is -2.57. The van der Waals surface area contributed by atoms with Gasteiger partial charge in [0.2, 0.25) is 0 Å². The summed E-state index contributed by atoms with van der Waals surface area (Å²) in [4.78, 5) is 3.05. The van der Waals surface area contributed by atoms with E-state index in [1.165, 1.54) is 57.8 Å². The van der Waals surface area contributed by atoms with Gasteiger partial charge in [-0.3, -0.25) is 4.90 Å². The van der Waals surface area contributed by atoms with Crippen LogP contribution < -0.4 is 0 Å². The fourth-order valence-corrected chi connectivity index (χ4v) is 17.6. The number of hydrogen-bond acceptors (Lipinski definition) is 3. The minimum absolute atomic E-state index is 0.181. The van der Waals surface area contributed by atoms with Crippen molar-refractivity contribution in [2.45, 2.75) is 212 Å². The Labute approximate surface area is 301 Å². The summed E-state index contributed by atoms with van der Waals surface area (Å²) in [5, 5.41) is 3.27. The van der Waals surface area contributed by atoms with E-state index in [4.69, 9.17) is 13.7 Å². The summed E-state index contributed by atoms with van der Waals surface area (Å²) >= 11 is 4.84. The van der Waals surface area contributed by atoms with Crippen molar-refractivity contribution in [2.75, 3.05) is 0 Å². The lowest BCUT2D eigenvalue weighted by Gasteiger charge is -2.52. The number of thioether (sulfide) groups is 2. The largest absolute Gasteiger partial charge is 0.293 e. The summed E-state index contributed by atoms with van der Waals surface area (Å²) in [6, 6.07) is 1.45. The van der Waals surface area contributed by atoms with Gasteiger partial charge in [0.25, 0.3) is 0 Å². The van der Waals surface area contributed by atoms with E-state index < -0.39 is 64.0 Å². The number of hydrogen-bond donors (Lipinski definition) is 0. The molecule has 0 radical (unpaired) electrons. The van der Waals surface area contributed by atoms with E-state index in [0.717, 1.165) is 90.8 Å². The smallest absolute Gasteiger partial charge is 0.0269 e. The maximum absolute atomic E-state index is 8.93. The van der Waals surface area contributed by atoms with Crippen LogP contribution in [0.5, 0.6) is 0 Å². The van der Waals surface area contributed by atoms with Gasteiger partial charge in [-0.1, -0.05) is 83.2 Å². The standard InChI is InChI=1S/C42H69NS2/c1-3-10-28(11-4-1)30-18-22-32(23-19-30)43(33-24-20-31(21-25-33)29-12-5-2-6-13-29)37-16-9-15-34-35-26-27-39-40(42(35)45-41(34)37)36-14-7-8-17-38(36)44-39/h28-42H,1-27H2/i1D,2D,3D,4D,5D,6D,10D,11D,12D,13D. The van der Waals surface area contributed by atoms with Crippen molar-refractivity contribution in [2.24, 2.45) is 47.3 Å². The lowest BCUT2D eigenvalue weighted by atomic mass is 9.64. The van der Waals surface area contributed by atoms with Gasteiger partial charge in [0, 0.05) is 52.8 Å². The lowest BCUT2D eigenvalue weighted by molar-refractivity contribution is -0.00978. The third-order valence-electron chi connectivity index (χ3n) is 14.9. The fraction of sp³-hybridized carbons (Fsp3) is 1.00. The Morgan fingerprint density at radius 2 is 1.00 bits per heavy atom. The first-order chi connectivity index (χ1) is 26.5. The predicted molar refractivity (Wildman–Crippen MR) is 196 cm³/mol. The molecule has 17 atom stereocenters. The summed E-state index contributed by atoms with van der Waals surface area (Å²) in [7, 11) is 0. The molecule has 3 heteroatoms. The molecule has 7 saturated carbocycles. The quantitative estimate of drug-likeness (QED) is 0.289. The van der Waals surface area contributed by atoms with Crippen LogP contribution in [0.1, 0.15) is 187 Å². The third-order valence-corrected chi connectivity index (χ3v) is 18.7.